The first-order chi connectivity index (χ1) is 5.99. The highest BCUT2D eigenvalue weighted by molar-refractivity contribution is 9.10. The van der Waals surface area contributed by atoms with Gasteiger partial charge in [0.25, 0.3) is 0 Å². The maximum absolute atomic E-state index is 9.72. The van der Waals surface area contributed by atoms with Gasteiger partial charge in [-0.15, -0.1) is 6.42 Å². The number of terminal acetylenes is 1. The molecule has 68 valence electrons. The van der Waals surface area contributed by atoms with Crippen LogP contribution in [0.4, 0.5) is 0 Å². The average molecular weight is 239 g/mol. The number of aromatic hydroxyl groups is 1. The molecule has 0 spiro atoms. The van der Waals surface area contributed by atoms with Crippen molar-refractivity contribution < 1.29 is 5.11 Å². The predicted octanol–water partition coefficient (Wildman–Crippen LogP) is 3.07. The van der Waals surface area contributed by atoms with Crippen LogP contribution in [0.5, 0.6) is 5.75 Å². The van der Waals surface area contributed by atoms with Crippen LogP contribution in [0.2, 0.25) is 0 Å². The van der Waals surface area contributed by atoms with E-state index in [-0.39, 0.29) is 5.75 Å². The van der Waals surface area contributed by atoms with Gasteiger partial charge in [0.2, 0.25) is 0 Å². The minimum atomic E-state index is -0.437. The third-order valence-electron chi connectivity index (χ3n) is 2.02. The van der Waals surface area contributed by atoms with Crippen LogP contribution in [0.25, 0.3) is 0 Å². The Morgan fingerprint density at radius 3 is 2.62 bits per heavy atom. The normalized spacial score (nSPS) is 10.9. The molecule has 1 aromatic rings. The second kappa shape index (κ2) is 3.43. The van der Waals surface area contributed by atoms with Crippen LogP contribution >= 0.6 is 15.9 Å². The summed E-state index contributed by atoms with van der Waals surface area (Å²) >= 11 is 3.25. The quantitative estimate of drug-likeness (QED) is 0.746. The van der Waals surface area contributed by atoms with E-state index in [0.717, 1.165) is 5.56 Å². The Balaban J connectivity index is 3.33. The molecule has 2 heteroatoms. The fourth-order valence-corrected chi connectivity index (χ4v) is 1.46. The summed E-state index contributed by atoms with van der Waals surface area (Å²) in [4.78, 5) is 0. The SMILES string of the molecule is C#CC(C)(C)c1cccc(Br)c1O. The second-order valence-corrected chi connectivity index (χ2v) is 4.26. The molecule has 0 aliphatic rings. The second-order valence-electron chi connectivity index (χ2n) is 3.41. The van der Waals surface area contributed by atoms with E-state index in [4.69, 9.17) is 6.42 Å². The minimum absolute atomic E-state index is 0.227. The summed E-state index contributed by atoms with van der Waals surface area (Å²) in [7, 11) is 0. The summed E-state index contributed by atoms with van der Waals surface area (Å²) in [5.41, 5.74) is 0.331. The topological polar surface area (TPSA) is 20.2 Å². The summed E-state index contributed by atoms with van der Waals surface area (Å²) < 4.78 is 0.674. The van der Waals surface area contributed by atoms with Gasteiger partial charge in [0.1, 0.15) is 5.75 Å². The zero-order chi connectivity index (χ0) is 10.1. The van der Waals surface area contributed by atoms with E-state index in [1.807, 2.05) is 26.0 Å². The largest absolute Gasteiger partial charge is 0.506 e. The summed E-state index contributed by atoms with van der Waals surface area (Å²) in [6, 6.07) is 5.48. The van der Waals surface area contributed by atoms with Gasteiger partial charge in [0.05, 0.1) is 9.89 Å². The molecule has 1 N–H and O–H groups in total. The van der Waals surface area contributed by atoms with Gasteiger partial charge in [0.15, 0.2) is 0 Å². The first-order valence-corrected chi connectivity index (χ1v) is 4.74. The van der Waals surface area contributed by atoms with E-state index >= 15 is 0 Å². The third kappa shape index (κ3) is 1.87. The van der Waals surface area contributed by atoms with Crippen molar-refractivity contribution in [1.82, 2.24) is 0 Å². The molecule has 1 nitrogen and oxygen atoms in total. The minimum Gasteiger partial charge on any atom is -0.506 e. The summed E-state index contributed by atoms with van der Waals surface area (Å²) in [6.07, 6.45) is 5.38. The molecule has 0 aliphatic heterocycles. The Morgan fingerprint density at radius 1 is 1.46 bits per heavy atom. The monoisotopic (exact) mass is 238 g/mol. The molecule has 0 fully saturated rings. The fourth-order valence-electron chi connectivity index (χ4n) is 1.10. The van der Waals surface area contributed by atoms with E-state index < -0.39 is 5.41 Å². The summed E-state index contributed by atoms with van der Waals surface area (Å²) in [5.74, 6) is 2.87. The molecular weight excluding hydrogens is 228 g/mol. The van der Waals surface area contributed by atoms with E-state index in [1.54, 1.807) is 6.07 Å². The highest BCUT2D eigenvalue weighted by Gasteiger charge is 2.21. The molecule has 1 aromatic carbocycles. The van der Waals surface area contributed by atoms with Gasteiger partial charge in [-0.05, 0) is 35.8 Å². The molecule has 0 atom stereocenters. The van der Waals surface area contributed by atoms with E-state index in [9.17, 15) is 5.11 Å². The van der Waals surface area contributed by atoms with E-state index in [2.05, 4.69) is 21.9 Å². The van der Waals surface area contributed by atoms with Crippen LogP contribution in [0.3, 0.4) is 0 Å². The molecule has 0 heterocycles. The number of rotatable bonds is 1. The Hall–Kier alpha value is -0.940. The lowest BCUT2D eigenvalue weighted by Gasteiger charge is -2.19. The van der Waals surface area contributed by atoms with Crippen molar-refractivity contribution >= 4 is 15.9 Å². The lowest BCUT2D eigenvalue weighted by atomic mass is 9.85. The molecule has 0 aliphatic carbocycles. The van der Waals surface area contributed by atoms with Crippen LogP contribution < -0.4 is 0 Å². The Kier molecular flexibility index (Phi) is 2.68. The van der Waals surface area contributed by atoms with Crippen molar-refractivity contribution in [2.75, 3.05) is 0 Å². The van der Waals surface area contributed by atoms with Gasteiger partial charge >= 0.3 is 0 Å². The van der Waals surface area contributed by atoms with Crippen LogP contribution in [0.1, 0.15) is 19.4 Å². The fraction of sp³-hybridized carbons (Fsp3) is 0.273. The van der Waals surface area contributed by atoms with E-state index in [1.165, 1.54) is 0 Å². The number of halogens is 1. The Morgan fingerprint density at radius 2 is 2.08 bits per heavy atom. The number of benzene rings is 1. The van der Waals surface area contributed by atoms with Gasteiger partial charge < -0.3 is 5.11 Å². The van der Waals surface area contributed by atoms with Crippen LogP contribution in [0.15, 0.2) is 22.7 Å². The lowest BCUT2D eigenvalue weighted by Crippen LogP contribution is -2.13. The smallest absolute Gasteiger partial charge is 0.134 e. The first kappa shape index (κ1) is 10.1. The number of hydrogen-bond acceptors (Lipinski definition) is 1. The standard InChI is InChI=1S/C11H11BrO/c1-4-11(2,3)8-6-5-7-9(12)10(8)13/h1,5-7,13H,2-3H3. The number of phenols is 1. The van der Waals surface area contributed by atoms with E-state index in [0.29, 0.717) is 4.47 Å². The Bertz CT molecular complexity index is 361. The zero-order valence-electron chi connectivity index (χ0n) is 7.63. The van der Waals surface area contributed by atoms with Crippen molar-refractivity contribution in [2.24, 2.45) is 0 Å². The molecule has 0 unspecified atom stereocenters. The van der Waals surface area contributed by atoms with Gasteiger partial charge in [-0.25, -0.2) is 0 Å². The van der Waals surface area contributed by atoms with Crippen LogP contribution in [-0.4, -0.2) is 5.11 Å². The lowest BCUT2D eigenvalue weighted by molar-refractivity contribution is 0.454. The van der Waals surface area contributed by atoms with Crippen molar-refractivity contribution in [1.29, 1.82) is 0 Å². The number of hydrogen-bond donors (Lipinski definition) is 1. The summed E-state index contributed by atoms with van der Waals surface area (Å²) in [5, 5.41) is 9.72. The van der Waals surface area contributed by atoms with Crippen molar-refractivity contribution in [2.45, 2.75) is 19.3 Å². The van der Waals surface area contributed by atoms with Crippen molar-refractivity contribution in [3.63, 3.8) is 0 Å². The van der Waals surface area contributed by atoms with Crippen LogP contribution in [-0.2, 0) is 5.41 Å². The highest BCUT2D eigenvalue weighted by atomic mass is 79.9. The maximum Gasteiger partial charge on any atom is 0.134 e. The number of para-hydroxylation sites is 1. The summed E-state index contributed by atoms with van der Waals surface area (Å²) in [6.45, 7) is 3.79. The molecule has 0 aromatic heterocycles. The molecular formula is C11H11BrO. The van der Waals surface area contributed by atoms with Gasteiger partial charge in [-0.3, -0.25) is 0 Å². The molecule has 0 radical (unpaired) electrons. The first-order valence-electron chi connectivity index (χ1n) is 3.95. The number of phenolic OH excluding ortho intramolecular Hbond substituents is 1. The van der Waals surface area contributed by atoms with Crippen molar-refractivity contribution in [3.05, 3.63) is 28.2 Å². The zero-order valence-corrected chi connectivity index (χ0v) is 9.22. The Labute approximate surface area is 86.9 Å². The third-order valence-corrected chi connectivity index (χ3v) is 2.66. The van der Waals surface area contributed by atoms with Gasteiger partial charge in [0, 0.05) is 5.56 Å². The molecule has 0 saturated carbocycles. The molecule has 0 bridgehead atoms. The van der Waals surface area contributed by atoms with Crippen molar-refractivity contribution in [3.8, 4) is 18.1 Å². The predicted molar refractivity (Wildman–Crippen MR) is 57.7 cm³/mol. The maximum atomic E-state index is 9.72. The molecule has 0 amide bonds. The molecule has 0 saturated heterocycles. The highest BCUT2D eigenvalue weighted by Crippen LogP contribution is 2.35. The van der Waals surface area contributed by atoms with Gasteiger partial charge in [-0.2, -0.15) is 0 Å². The molecule has 1 rings (SSSR count). The van der Waals surface area contributed by atoms with Crippen LogP contribution in [0, 0.1) is 12.3 Å². The average Bonchev–Trinajstić information content (AvgIpc) is 2.09. The van der Waals surface area contributed by atoms with Gasteiger partial charge in [-0.1, -0.05) is 18.1 Å². The molecule has 13 heavy (non-hydrogen) atoms.